The van der Waals surface area contributed by atoms with E-state index in [0.717, 1.165) is 44.5 Å². The number of halogens is 1. The van der Waals surface area contributed by atoms with Crippen LogP contribution in [0.5, 0.6) is 0 Å². The van der Waals surface area contributed by atoms with Gasteiger partial charge in [-0.25, -0.2) is 4.98 Å². The summed E-state index contributed by atoms with van der Waals surface area (Å²) in [5, 5.41) is 3.63. The summed E-state index contributed by atoms with van der Waals surface area (Å²) < 4.78 is 0. The molecule has 112 valence electrons. The maximum atomic E-state index is 12.2. The van der Waals surface area contributed by atoms with E-state index in [1.807, 2.05) is 0 Å². The Hall–Kier alpha value is -0.690. The zero-order valence-corrected chi connectivity index (χ0v) is 13.2. The first kappa shape index (κ1) is 15.7. The summed E-state index contributed by atoms with van der Waals surface area (Å²) in [6.07, 6.45) is 4.04. The molecule has 2 heterocycles. The molecule has 1 aliphatic carbocycles. The van der Waals surface area contributed by atoms with Crippen LogP contribution in [0.1, 0.15) is 39.6 Å². The van der Waals surface area contributed by atoms with Crippen molar-refractivity contribution in [1.29, 1.82) is 0 Å². The summed E-state index contributed by atoms with van der Waals surface area (Å²) in [6, 6.07) is 0.223. The molecule has 3 rings (SSSR count). The number of nitrogens with two attached hydrogens (primary N) is 1. The Morgan fingerprint density at radius 3 is 3.00 bits per heavy atom. The van der Waals surface area contributed by atoms with Gasteiger partial charge in [-0.1, -0.05) is 0 Å². The molecule has 1 aromatic heterocycles. The number of carbonyl (C=O) groups is 1. The molecule has 1 saturated carbocycles. The average Bonchev–Trinajstić information content (AvgIpc) is 2.96. The highest BCUT2D eigenvalue weighted by molar-refractivity contribution is 7.13. The molecule has 0 saturated heterocycles. The first-order valence-electron chi connectivity index (χ1n) is 6.87. The third-order valence-corrected chi connectivity index (χ3v) is 5.08. The molecule has 0 radical (unpaired) electrons. The van der Waals surface area contributed by atoms with Gasteiger partial charge in [-0.15, -0.1) is 23.7 Å². The van der Waals surface area contributed by atoms with Crippen molar-refractivity contribution in [2.24, 2.45) is 5.73 Å². The Morgan fingerprint density at radius 1 is 1.50 bits per heavy atom. The van der Waals surface area contributed by atoms with E-state index in [1.165, 1.54) is 16.2 Å². The maximum Gasteiger partial charge on any atom is 0.280 e. The van der Waals surface area contributed by atoms with Crippen LogP contribution in [0, 0.1) is 0 Å². The van der Waals surface area contributed by atoms with E-state index in [2.05, 4.69) is 22.2 Å². The van der Waals surface area contributed by atoms with Crippen LogP contribution in [0.3, 0.4) is 0 Å². The molecule has 2 aliphatic rings. The van der Waals surface area contributed by atoms with Crippen molar-refractivity contribution in [2.45, 2.75) is 44.3 Å². The van der Waals surface area contributed by atoms with Gasteiger partial charge in [0, 0.05) is 36.5 Å². The molecule has 1 fully saturated rings. The van der Waals surface area contributed by atoms with Crippen LogP contribution in [0.4, 0.5) is 0 Å². The lowest BCUT2D eigenvalue weighted by Crippen LogP contribution is -2.43. The van der Waals surface area contributed by atoms with Crippen molar-refractivity contribution in [2.75, 3.05) is 13.6 Å². The third kappa shape index (κ3) is 3.14. The quantitative estimate of drug-likeness (QED) is 0.859. The zero-order valence-electron chi connectivity index (χ0n) is 11.6. The van der Waals surface area contributed by atoms with Gasteiger partial charge >= 0.3 is 0 Å². The second-order valence-corrected chi connectivity index (χ2v) is 6.64. The van der Waals surface area contributed by atoms with E-state index < -0.39 is 0 Å². The molecule has 1 aliphatic heterocycles. The molecule has 1 aromatic rings. The smallest absolute Gasteiger partial charge is 0.280 e. The Labute approximate surface area is 129 Å². The molecule has 3 N–H and O–H groups in total. The lowest BCUT2D eigenvalue weighted by Gasteiger charge is -2.20. The van der Waals surface area contributed by atoms with Gasteiger partial charge in [0.1, 0.15) is 0 Å². The van der Waals surface area contributed by atoms with Crippen LogP contribution in [0.2, 0.25) is 0 Å². The number of amides is 1. The van der Waals surface area contributed by atoms with Gasteiger partial charge in [0.05, 0.1) is 5.69 Å². The predicted octanol–water partition coefficient (Wildman–Crippen LogP) is 1.16. The molecule has 0 aromatic carbocycles. The van der Waals surface area contributed by atoms with Crippen molar-refractivity contribution in [3.05, 3.63) is 15.6 Å². The molecule has 1 amide bonds. The van der Waals surface area contributed by atoms with Crippen molar-refractivity contribution in [1.82, 2.24) is 15.2 Å². The monoisotopic (exact) mass is 316 g/mol. The Morgan fingerprint density at radius 2 is 2.30 bits per heavy atom. The number of carbonyl (C=O) groups excluding carboxylic acids is 1. The summed E-state index contributed by atoms with van der Waals surface area (Å²) in [7, 11) is 2.10. The Bertz CT molecular complexity index is 493. The molecule has 0 spiro atoms. The Balaban J connectivity index is 0.00000147. The second kappa shape index (κ2) is 6.39. The fourth-order valence-corrected chi connectivity index (χ4v) is 3.91. The van der Waals surface area contributed by atoms with Crippen LogP contribution in [0.25, 0.3) is 0 Å². The van der Waals surface area contributed by atoms with Gasteiger partial charge in [-0.3, -0.25) is 4.79 Å². The van der Waals surface area contributed by atoms with E-state index >= 15 is 0 Å². The standard InChI is InChI=1S/C13H20N4OS.ClH/c1-17-6-5-10-11(7-17)19-13(16-10)12(18)15-9-4-2-3-8(9)14;/h8-9H,2-7,14H2,1H3,(H,15,18);1H/t8-,9-;/m1./s1. The van der Waals surface area contributed by atoms with E-state index in [-0.39, 0.29) is 30.4 Å². The molecule has 20 heavy (non-hydrogen) atoms. The van der Waals surface area contributed by atoms with Gasteiger partial charge in [0.15, 0.2) is 5.01 Å². The molecular weight excluding hydrogens is 296 g/mol. The minimum atomic E-state index is -0.0515. The highest BCUT2D eigenvalue weighted by atomic mass is 35.5. The topological polar surface area (TPSA) is 71.2 Å². The minimum Gasteiger partial charge on any atom is -0.346 e. The number of nitrogens with one attached hydrogen (secondary N) is 1. The number of nitrogens with zero attached hydrogens (tertiary/aromatic N) is 2. The van der Waals surface area contributed by atoms with Crippen molar-refractivity contribution < 1.29 is 4.79 Å². The first-order valence-corrected chi connectivity index (χ1v) is 7.68. The molecule has 0 unspecified atom stereocenters. The first-order chi connectivity index (χ1) is 9.13. The molecule has 7 heteroatoms. The van der Waals surface area contributed by atoms with Crippen LogP contribution in [-0.4, -0.2) is 41.5 Å². The van der Waals surface area contributed by atoms with Crippen LogP contribution in [0.15, 0.2) is 0 Å². The summed E-state index contributed by atoms with van der Waals surface area (Å²) in [5.41, 5.74) is 7.08. The average molecular weight is 317 g/mol. The van der Waals surface area contributed by atoms with Gasteiger partial charge in [0.25, 0.3) is 5.91 Å². The van der Waals surface area contributed by atoms with Gasteiger partial charge in [0.2, 0.25) is 0 Å². The fourth-order valence-electron chi connectivity index (χ4n) is 2.82. The van der Waals surface area contributed by atoms with Gasteiger partial charge in [-0.2, -0.15) is 0 Å². The summed E-state index contributed by atoms with van der Waals surface area (Å²) in [4.78, 5) is 20.2. The van der Waals surface area contributed by atoms with Crippen molar-refractivity contribution in [3.8, 4) is 0 Å². The molecule has 2 atom stereocenters. The van der Waals surface area contributed by atoms with Crippen LogP contribution < -0.4 is 11.1 Å². The minimum absolute atomic E-state index is 0. The maximum absolute atomic E-state index is 12.2. The van der Waals surface area contributed by atoms with E-state index in [4.69, 9.17) is 5.73 Å². The van der Waals surface area contributed by atoms with Crippen LogP contribution >= 0.6 is 23.7 Å². The normalized spacial score (nSPS) is 25.9. The predicted molar refractivity (Wildman–Crippen MR) is 82.5 cm³/mol. The summed E-state index contributed by atoms with van der Waals surface area (Å²) in [5.74, 6) is -0.0515. The highest BCUT2D eigenvalue weighted by Crippen LogP contribution is 2.25. The summed E-state index contributed by atoms with van der Waals surface area (Å²) >= 11 is 1.53. The van der Waals surface area contributed by atoms with Crippen molar-refractivity contribution >= 4 is 29.7 Å². The SMILES string of the molecule is CN1CCc2nc(C(=O)N[C@@H]3CCC[C@H]3N)sc2C1.Cl. The van der Waals surface area contributed by atoms with E-state index in [0.29, 0.717) is 5.01 Å². The lowest BCUT2D eigenvalue weighted by atomic mass is 10.2. The number of hydrogen-bond donors (Lipinski definition) is 2. The van der Waals surface area contributed by atoms with Crippen molar-refractivity contribution in [3.63, 3.8) is 0 Å². The Kier molecular flexibility index (Phi) is 5.01. The summed E-state index contributed by atoms with van der Waals surface area (Å²) in [6.45, 7) is 1.93. The number of fused-ring (bicyclic) bond motifs is 1. The highest BCUT2D eigenvalue weighted by Gasteiger charge is 2.27. The van der Waals surface area contributed by atoms with Gasteiger partial charge < -0.3 is 16.0 Å². The lowest BCUT2D eigenvalue weighted by molar-refractivity contribution is 0.0934. The molecule has 0 bridgehead atoms. The van der Waals surface area contributed by atoms with E-state index in [9.17, 15) is 4.79 Å². The zero-order chi connectivity index (χ0) is 13.4. The number of aromatic nitrogens is 1. The second-order valence-electron chi connectivity index (χ2n) is 5.55. The third-order valence-electron chi connectivity index (χ3n) is 4.00. The van der Waals surface area contributed by atoms with Gasteiger partial charge in [-0.05, 0) is 26.3 Å². The van der Waals surface area contributed by atoms with E-state index in [1.54, 1.807) is 0 Å². The fraction of sp³-hybridized carbons (Fsp3) is 0.692. The number of likely N-dealkylation sites (N-methyl/N-ethyl adjacent to an activating group) is 1. The molecular formula is C13H21ClN4OS. The largest absolute Gasteiger partial charge is 0.346 e. The number of rotatable bonds is 2. The molecule has 5 nitrogen and oxygen atoms in total. The number of thiazole rings is 1. The van der Waals surface area contributed by atoms with Crippen LogP contribution in [-0.2, 0) is 13.0 Å². The number of hydrogen-bond acceptors (Lipinski definition) is 5.